The molecule has 1 amide bonds. The molecule has 8 nitrogen and oxygen atoms in total. The number of ether oxygens (including phenoxy) is 1. The first kappa shape index (κ1) is 21.3. The van der Waals surface area contributed by atoms with E-state index in [0.717, 1.165) is 19.3 Å². The monoisotopic (exact) mass is 421 g/mol. The number of hydrogen-bond acceptors (Lipinski definition) is 6. The highest BCUT2D eigenvalue weighted by Gasteiger charge is 2.35. The minimum Gasteiger partial charge on any atom is -0.451 e. The zero-order valence-corrected chi connectivity index (χ0v) is 17.9. The van der Waals surface area contributed by atoms with E-state index in [2.05, 4.69) is 9.71 Å². The Balaban J connectivity index is 1.70. The predicted molar refractivity (Wildman–Crippen MR) is 108 cm³/mol. The van der Waals surface area contributed by atoms with E-state index < -0.39 is 28.1 Å². The number of hydrogen-bond donors (Lipinski definition) is 1. The summed E-state index contributed by atoms with van der Waals surface area (Å²) in [5, 5.41) is 0. The molecule has 0 unspecified atom stereocenters. The first-order valence-corrected chi connectivity index (χ1v) is 11.3. The number of amides is 1. The quantitative estimate of drug-likeness (QED) is 0.747. The summed E-state index contributed by atoms with van der Waals surface area (Å²) in [6.07, 6.45) is 2.01. The Hall–Kier alpha value is -2.42. The number of esters is 1. The van der Waals surface area contributed by atoms with Gasteiger partial charge >= 0.3 is 5.97 Å². The first-order valence-electron chi connectivity index (χ1n) is 9.84. The molecular weight excluding hydrogens is 394 g/mol. The molecule has 0 saturated carbocycles. The second-order valence-electron chi connectivity index (χ2n) is 7.71. The fourth-order valence-corrected chi connectivity index (χ4v) is 5.10. The Morgan fingerprint density at radius 1 is 1.17 bits per heavy atom. The molecule has 9 heteroatoms. The SMILES string of the molecule is C[C@H](N=C1NS(=O)(=O)c2ccccc21)C(=O)O[C@H](C)C(=O)N1[C@@H](C)CCC[C@@H]1C. The van der Waals surface area contributed by atoms with Gasteiger partial charge in [0, 0.05) is 17.6 Å². The fourth-order valence-electron chi connectivity index (χ4n) is 3.86. The molecular formula is C20H27N3O5S. The summed E-state index contributed by atoms with van der Waals surface area (Å²) in [7, 11) is -3.68. The summed E-state index contributed by atoms with van der Waals surface area (Å²) >= 11 is 0. The number of rotatable bonds is 4. The van der Waals surface area contributed by atoms with Crippen molar-refractivity contribution in [3.8, 4) is 0 Å². The Kier molecular flexibility index (Phi) is 5.97. The number of aliphatic imine (C=N–C) groups is 1. The van der Waals surface area contributed by atoms with Gasteiger partial charge in [0.05, 0.1) is 4.90 Å². The van der Waals surface area contributed by atoms with Crippen molar-refractivity contribution in [3.63, 3.8) is 0 Å². The standard InChI is InChI=1S/C20H27N3O5S/c1-12-8-7-9-13(2)23(12)19(24)15(4)28-20(25)14(3)21-18-16-10-5-6-11-17(16)29(26,27)22-18/h5-6,10-15H,7-9H2,1-4H3,(H,21,22)/t12-,13-,14-,15+/m0/s1. The van der Waals surface area contributed by atoms with Gasteiger partial charge in [-0.15, -0.1) is 0 Å². The second-order valence-corrected chi connectivity index (χ2v) is 9.36. The van der Waals surface area contributed by atoms with E-state index >= 15 is 0 Å². The van der Waals surface area contributed by atoms with Gasteiger partial charge in [0.25, 0.3) is 15.9 Å². The molecule has 0 spiro atoms. The number of amidine groups is 1. The van der Waals surface area contributed by atoms with Crippen LogP contribution in [0, 0.1) is 0 Å². The molecule has 0 aliphatic carbocycles. The minimum absolute atomic E-state index is 0.0994. The van der Waals surface area contributed by atoms with Crippen molar-refractivity contribution in [2.75, 3.05) is 0 Å². The van der Waals surface area contributed by atoms with Crippen LogP contribution in [0.5, 0.6) is 0 Å². The number of fused-ring (bicyclic) bond motifs is 1. The highest BCUT2D eigenvalue weighted by atomic mass is 32.2. The maximum absolute atomic E-state index is 12.8. The van der Waals surface area contributed by atoms with Gasteiger partial charge in [-0.25, -0.2) is 13.2 Å². The van der Waals surface area contributed by atoms with Gasteiger partial charge < -0.3 is 9.64 Å². The topological polar surface area (TPSA) is 105 Å². The van der Waals surface area contributed by atoms with Gasteiger partial charge in [0.1, 0.15) is 11.9 Å². The third-order valence-corrected chi connectivity index (χ3v) is 6.81. The molecule has 29 heavy (non-hydrogen) atoms. The van der Waals surface area contributed by atoms with Crippen LogP contribution < -0.4 is 4.72 Å². The Morgan fingerprint density at radius 3 is 2.45 bits per heavy atom. The highest BCUT2D eigenvalue weighted by molar-refractivity contribution is 7.90. The molecule has 1 aromatic rings. The molecule has 1 fully saturated rings. The lowest BCUT2D eigenvalue weighted by atomic mass is 9.97. The second kappa shape index (κ2) is 8.14. The Labute approximate surface area is 171 Å². The average molecular weight is 422 g/mol. The van der Waals surface area contributed by atoms with Crippen LogP contribution in [0.25, 0.3) is 0 Å². The van der Waals surface area contributed by atoms with Gasteiger partial charge in [0.2, 0.25) is 0 Å². The molecule has 2 heterocycles. The number of nitrogens with zero attached hydrogens (tertiary/aromatic N) is 2. The zero-order chi connectivity index (χ0) is 21.3. The van der Waals surface area contributed by atoms with E-state index in [-0.39, 0.29) is 28.7 Å². The molecule has 1 aromatic carbocycles. The van der Waals surface area contributed by atoms with E-state index in [1.807, 2.05) is 13.8 Å². The molecule has 2 aliphatic rings. The van der Waals surface area contributed by atoms with E-state index in [4.69, 9.17) is 4.74 Å². The maximum atomic E-state index is 12.8. The molecule has 0 radical (unpaired) electrons. The number of piperidine rings is 1. The third kappa shape index (κ3) is 4.29. The summed E-state index contributed by atoms with van der Waals surface area (Å²) in [4.78, 5) is 31.4. The number of carbonyl (C=O) groups is 2. The molecule has 4 atom stereocenters. The number of nitrogens with one attached hydrogen (secondary N) is 1. The average Bonchev–Trinajstić information content (AvgIpc) is 2.92. The van der Waals surface area contributed by atoms with Crippen LogP contribution >= 0.6 is 0 Å². The Bertz CT molecular complexity index is 933. The smallest absolute Gasteiger partial charge is 0.331 e. The number of carbonyl (C=O) groups excluding carboxylic acids is 2. The van der Waals surface area contributed by atoms with Crippen LogP contribution in [0.3, 0.4) is 0 Å². The van der Waals surface area contributed by atoms with Gasteiger partial charge in [-0.3, -0.25) is 14.5 Å². The molecule has 0 bridgehead atoms. The van der Waals surface area contributed by atoms with Crippen LogP contribution in [0.2, 0.25) is 0 Å². The minimum atomic E-state index is -3.68. The fraction of sp³-hybridized carbons (Fsp3) is 0.550. The van der Waals surface area contributed by atoms with Crippen molar-refractivity contribution in [2.24, 2.45) is 4.99 Å². The maximum Gasteiger partial charge on any atom is 0.331 e. The van der Waals surface area contributed by atoms with Crippen LogP contribution in [0.1, 0.15) is 52.5 Å². The number of likely N-dealkylation sites (tertiary alicyclic amines) is 1. The summed E-state index contributed by atoms with van der Waals surface area (Å²) in [5.74, 6) is -0.800. The van der Waals surface area contributed by atoms with Gasteiger partial charge in [-0.1, -0.05) is 12.1 Å². The van der Waals surface area contributed by atoms with E-state index in [1.165, 1.54) is 13.0 Å². The van der Waals surface area contributed by atoms with Gasteiger partial charge in [-0.2, -0.15) is 0 Å². The molecule has 2 aliphatic heterocycles. The summed E-state index contributed by atoms with van der Waals surface area (Å²) in [6, 6.07) is 5.66. The zero-order valence-electron chi connectivity index (χ0n) is 17.1. The van der Waals surface area contributed by atoms with E-state index in [9.17, 15) is 18.0 Å². The van der Waals surface area contributed by atoms with Crippen molar-refractivity contribution in [3.05, 3.63) is 29.8 Å². The van der Waals surface area contributed by atoms with Crippen LogP contribution in [0.15, 0.2) is 34.2 Å². The number of benzene rings is 1. The predicted octanol–water partition coefficient (Wildman–Crippen LogP) is 1.83. The summed E-state index contributed by atoms with van der Waals surface area (Å²) < 4.78 is 32.0. The van der Waals surface area contributed by atoms with Crippen LogP contribution in [-0.2, 0) is 24.3 Å². The van der Waals surface area contributed by atoms with Crippen LogP contribution in [0.4, 0.5) is 0 Å². The van der Waals surface area contributed by atoms with Gasteiger partial charge in [-0.05, 0) is 59.1 Å². The van der Waals surface area contributed by atoms with Crippen molar-refractivity contribution in [1.82, 2.24) is 9.62 Å². The summed E-state index contributed by atoms with van der Waals surface area (Å²) in [6.45, 7) is 7.07. The van der Waals surface area contributed by atoms with E-state index in [1.54, 1.807) is 30.0 Å². The lowest BCUT2D eigenvalue weighted by Gasteiger charge is -2.40. The Morgan fingerprint density at radius 2 is 1.79 bits per heavy atom. The third-order valence-electron chi connectivity index (χ3n) is 5.42. The largest absolute Gasteiger partial charge is 0.451 e. The molecule has 0 aromatic heterocycles. The molecule has 1 saturated heterocycles. The van der Waals surface area contributed by atoms with Crippen molar-refractivity contribution < 1.29 is 22.7 Å². The molecule has 3 rings (SSSR count). The van der Waals surface area contributed by atoms with Crippen molar-refractivity contribution in [2.45, 2.75) is 76.1 Å². The molecule has 158 valence electrons. The van der Waals surface area contributed by atoms with Crippen molar-refractivity contribution in [1.29, 1.82) is 0 Å². The summed E-state index contributed by atoms with van der Waals surface area (Å²) in [5.41, 5.74) is 0.409. The lowest BCUT2D eigenvalue weighted by Crippen LogP contribution is -2.51. The first-order chi connectivity index (χ1) is 13.6. The molecule has 1 N–H and O–H groups in total. The van der Waals surface area contributed by atoms with E-state index in [0.29, 0.717) is 5.56 Å². The van der Waals surface area contributed by atoms with Crippen molar-refractivity contribution >= 4 is 27.7 Å². The lowest BCUT2D eigenvalue weighted by molar-refractivity contribution is -0.162. The highest BCUT2D eigenvalue weighted by Crippen LogP contribution is 2.24. The van der Waals surface area contributed by atoms with Gasteiger partial charge in [0.15, 0.2) is 6.10 Å². The van der Waals surface area contributed by atoms with Crippen LogP contribution in [-0.4, -0.2) is 55.3 Å². The number of sulfonamides is 1. The normalized spacial score (nSPS) is 26.3.